The van der Waals surface area contributed by atoms with E-state index in [9.17, 15) is 10.1 Å². The normalized spacial score (nSPS) is 18.3. The summed E-state index contributed by atoms with van der Waals surface area (Å²) in [6, 6.07) is 8.15. The van der Waals surface area contributed by atoms with E-state index in [0.717, 1.165) is 37.2 Å². The number of anilines is 1. The topological polar surface area (TPSA) is 64.3 Å². The van der Waals surface area contributed by atoms with Crippen molar-refractivity contribution in [3.8, 4) is 6.07 Å². The monoisotopic (exact) mass is 258 g/mol. The molecule has 0 saturated carbocycles. The molecule has 0 aromatic heterocycles. The van der Waals surface area contributed by atoms with E-state index < -0.39 is 5.97 Å². The first-order chi connectivity index (χ1) is 9.10. The number of hydrogen-bond acceptors (Lipinski definition) is 3. The lowest BCUT2D eigenvalue weighted by atomic mass is 10.0. The summed E-state index contributed by atoms with van der Waals surface area (Å²) in [5.41, 5.74) is 2.77. The van der Waals surface area contributed by atoms with Gasteiger partial charge in [-0.1, -0.05) is 6.07 Å². The second kappa shape index (κ2) is 5.75. The first kappa shape index (κ1) is 13.4. The van der Waals surface area contributed by atoms with Gasteiger partial charge in [-0.2, -0.15) is 5.26 Å². The lowest BCUT2D eigenvalue weighted by molar-refractivity contribution is -0.137. The predicted octanol–water partition coefficient (Wildman–Crippen LogP) is 2.56. The molecule has 19 heavy (non-hydrogen) atoms. The quantitative estimate of drug-likeness (QED) is 0.901. The van der Waals surface area contributed by atoms with Crippen molar-refractivity contribution >= 4 is 11.7 Å². The second-order valence-electron chi connectivity index (χ2n) is 5.17. The molecule has 1 N–H and O–H groups in total. The number of hydrogen-bond donors (Lipinski definition) is 1. The maximum absolute atomic E-state index is 10.6. The molecule has 0 amide bonds. The molecule has 1 saturated heterocycles. The largest absolute Gasteiger partial charge is 0.481 e. The molecule has 0 spiro atoms. The number of carboxylic acids is 1. The van der Waals surface area contributed by atoms with Crippen LogP contribution in [0.2, 0.25) is 0 Å². The third-order valence-corrected chi connectivity index (χ3v) is 3.67. The molecular weight excluding hydrogens is 240 g/mol. The fourth-order valence-electron chi connectivity index (χ4n) is 2.63. The van der Waals surface area contributed by atoms with Crippen LogP contribution in [0.25, 0.3) is 0 Å². The molecule has 0 radical (unpaired) electrons. The molecule has 1 aromatic carbocycles. The summed E-state index contributed by atoms with van der Waals surface area (Å²) in [6.07, 6.45) is 1.96. The second-order valence-corrected chi connectivity index (χ2v) is 5.17. The van der Waals surface area contributed by atoms with Crippen LogP contribution in [0.15, 0.2) is 18.2 Å². The maximum Gasteiger partial charge on any atom is 0.303 e. The minimum Gasteiger partial charge on any atom is -0.481 e. The average Bonchev–Trinajstić information content (AvgIpc) is 2.84. The summed E-state index contributed by atoms with van der Waals surface area (Å²) in [4.78, 5) is 12.8. The van der Waals surface area contributed by atoms with Crippen molar-refractivity contribution < 1.29 is 9.90 Å². The van der Waals surface area contributed by atoms with E-state index in [1.165, 1.54) is 0 Å². The highest BCUT2D eigenvalue weighted by molar-refractivity contribution is 5.66. The zero-order valence-corrected chi connectivity index (χ0v) is 11.1. The van der Waals surface area contributed by atoms with Gasteiger partial charge in [-0.25, -0.2) is 0 Å². The number of nitrogens with zero attached hydrogens (tertiary/aromatic N) is 2. The lowest BCUT2D eigenvalue weighted by Gasteiger charge is -2.20. The summed E-state index contributed by atoms with van der Waals surface area (Å²) in [7, 11) is 0. The van der Waals surface area contributed by atoms with Crippen molar-refractivity contribution in [3.63, 3.8) is 0 Å². The minimum atomic E-state index is -0.730. The van der Waals surface area contributed by atoms with Crippen LogP contribution in [-0.2, 0) is 4.79 Å². The highest BCUT2D eigenvalue weighted by Gasteiger charge is 2.24. The molecule has 2 rings (SSSR count). The fraction of sp³-hybridized carbons (Fsp3) is 0.467. The van der Waals surface area contributed by atoms with Crippen LogP contribution in [0.1, 0.15) is 30.4 Å². The summed E-state index contributed by atoms with van der Waals surface area (Å²) < 4.78 is 0. The molecule has 1 aromatic rings. The maximum atomic E-state index is 10.6. The van der Waals surface area contributed by atoms with Gasteiger partial charge in [0, 0.05) is 19.5 Å². The molecule has 1 atom stereocenters. The van der Waals surface area contributed by atoms with Crippen LogP contribution in [-0.4, -0.2) is 24.2 Å². The van der Waals surface area contributed by atoms with Gasteiger partial charge >= 0.3 is 5.97 Å². The molecule has 100 valence electrons. The third kappa shape index (κ3) is 3.25. The molecule has 4 heteroatoms. The zero-order valence-electron chi connectivity index (χ0n) is 11.1. The standard InChI is InChI=1S/C15H18N2O2/c1-11-2-4-14(13(8-11)9-16)17-7-6-12(10-17)3-5-15(18)19/h2,4,8,12H,3,5-7,10H2,1H3,(H,18,19). The Balaban J connectivity index is 2.05. The molecule has 0 aliphatic carbocycles. The van der Waals surface area contributed by atoms with Crippen LogP contribution >= 0.6 is 0 Å². The summed E-state index contributed by atoms with van der Waals surface area (Å²) in [5, 5.41) is 17.9. The van der Waals surface area contributed by atoms with Gasteiger partial charge in [-0.15, -0.1) is 0 Å². The van der Waals surface area contributed by atoms with Crippen LogP contribution in [0.4, 0.5) is 5.69 Å². The van der Waals surface area contributed by atoms with Crippen LogP contribution < -0.4 is 4.90 Å². The molecule has 1 aliphatic heterocycles. The summed E-state index contributed by atoms with van der Waals surface area (Å²) in [6.45, 7) is 3.73. The number of carbonyl (C=O) groups is 1. The van der Waals surface area contributed by atoms with Crippen molar-refractivity contribution in [1.29, 1.82) is 5.26 Å². The summed E-state index contributed by atoms with van der Waals surface area (Å²) in [5.74, 6) is -0.310. The Hall–Kier alpha value is -2.02. The van der Waals surface area contributed by atoms with Crippen molar-refractivity contribution in [1.82, 2.24) is 0 Å². The first-order valence-electron chi connectivity index (χ1n) is 6.57. The number of nitriles is 1. The SMILES string of the molecule is Cc1ccc(N2CCC(CCC(=O)O)C2)c(C#N)c1. The first-order valence-corrected chi connectivity index (χ1v) is 6.57. The van der Waals surface area contributed by atoms with Crippen LogP contribution in [0.5, 0.6) is 0 Å². The van der Waals surface area contributed by atoms with Gasteiger partial charge in [0.25, 0.3) is 0 Å². The van der Waals surface area contributed by atoms with E-state index in [0.29, 0.717) is 11.5 Å². The smallest absolute Gasteiger partial charge is 0.303 e. The van der Waals surface area contributed by atoms with Crippen LogP contribution in [0.3, 0.4) is 0 Å². The average molecular weight is 258 g/mol. The molecule has 1 unspecified atom stereocenters. The molecule has 1 heterocycles. The van der Waals surface area contributed by atoms with E-state index in [1.54, 1.807) is 0 Å². The van der Waals surface area contributed by atoms with E-state index in [2.05, 4.69) is 11.0 Å². The van der Waals surface area contributed by atoms with Crippen molar-refractivity contribution in [3.05, 3.63) is 29.3 Å². The van der Waals surface area contributed by atoms with Gasteiger partial charge in [0.05, 0.1) is 11.3 Å². The molecule has 1 aliphatic rings. The number of rotatable bonds is 4. The Bertz CT molecular complexity index is 519. The van der Waals surface area contributed by atoms with Gasteiger partial charge in [-0.05, 0) is 43.4 Å². The number of carboxylic acid groups (broad SMARTS) is 1. The van der Waals surface area contributed by atoms with Crippen molar-refractivity contribution in [2.75, 3.05) is 18.0 Å². The fourth-order valence-corrected chi connectivity index (χ4v) is 2.63. The van der Waals surface area contributed by atoms with E-state index >= 15 is 0 Å². The number of aryl methyl sites for hydroxylation is 1. The minimum absolute atomic E-state index is 0.234. The highest BCUT2D eigenvalue weighted by Crippen LogP contribution is 2.29. The molecule has 1 fully saturated rings. The van der Waals surface area contributed by atoms with Gasteiger partial charge in [0.1, 0.15) is 6.07 Å². The van der Waals surface area contributed by atoms with Crippen molar-refractivity contribution in [2.24, 2.45) is 5.92 Å². The Morgan fingerprint density at radius 2 is 2.37 bits per heavy atom. The van der Waals surface area contributed by atoms with Crippen molar-refractivity contribution in [2.45, 2.75) is 26.2 Å². The Labute approximate surface area is 113 Å². The Morgan fingerprint density at radius 1 is 1.58 bits per heavy atom. The van der Waals surface area contributed by atoms with E-state index in [1.807, 2.05) is 25.1 Å². The molecule has 4 nitrogen and oxygen atoms in total. The van der Waals surface area contributed by atoms with Gasteiger partial charge in [-0.3, -0.25) is 4.79 Å². The van der Waals surface area contributed by atoms with Gasteiger partial charge in [0.15, 0.2) is 0 Å². The van der Waals surface area contributed by atoms with E-state index in [4.69, 9.17) is 5.11 Å². The van der Waals surface area contributed by atoms with Gasteiger partial charge in [0.2, 0.25) is 0 Å². The Kier molecular flexibility index (Phi) is 4.06. The van der Waals surface area contributed by atoms with Crippen LogP contribution in [0, 0.1) is 24.2 Å². The van der Waals surface area contributed by atoms with E-state index in [-0.39, 0.29) is 6.42 Å². The lowest BCUT2D eigenvalue weighted by Crippen LogP contribution is -2.20. The third-order valence-electron chi connectivity index (χ3n) is 3.67. The zero-order chi connectivity index (χ0) is 13.8. The molecule has 0 bridgehead atoms. The highest BCUT2D eigenvalue weighted by atomic mass is 16.4. The number of aliphatic carboxylic acids is 1. The number of benzene rings is 1. The summed E-state index contributed by atoms with van der Waals surface area (Å²) >= 11 is 0. The predicted molar refractivity (Wildman–Crippen MR) is 73.1 cm³/mol. The molecular formula is C15H18N2O2. The Morgan fingerprint density at radius 3 is 3.05 bits per heavy atom. The van der Waals surface area contributed by atoms with Gasteiger partial charge < -0.3 is 10.0 Å².